The number of ether oxygens (including phenoxy) is 3. The predicted octanol–water partition coefficient (Wildman–Crippen LogP) is 2.29. The monoisotopic (exact) mass is 236 g/mol. The number of benzene rings is 1. The highest BCUT2D eigenvalue weighted by molar-refractivity contribution is 5.72. The maximum Gasteiger partial charge on any atom is 0.306 e. The van der Waals surface area contributed by atoms with E-state index in [4.69, 9.17) is 14.2 Å². The number of methoxy groups -OCH3 is 1. The van der Waals surface area contributed by atoms with Crippen LogP contribution in [0.3, 0.4) is 0 Å². The number of rotatable bonds is 4. The van der Waals surface area contributed by atoms with Crippen molar-refractivity contribution in [3.05, 3.63) is 29.8 Å². The van der Waals surface area contributed by atoms with Crippen molar-refractivity contribution in [3.63, 3.8) is 0 Å². The summed E-state index contributed by atoms with van der Waals surface area (Å²) < 4.78 is 15.7. The van der Waals surface area contributed by atoms with Crippen LogP contribution in [0.5, 0.6) is 5.75 Å². The Kier molecular flexibility index (Phi) is 3.64. The topological polar surface area (TPSA) is 44.8 Å². The Labute approximate surface area is 100 Å². The van der Waals surface area contributed by atoms with Crippen molar-refractivity contribution in [2.24, 2.45) is 5.92 Å². The Balaban J connectivity index is 2.22. The Morgan fingerprint density at radius 3 is 2.82 bits per heavy atom. The summed E-state index contributed by atoms with van der Waals surface area (Å²) in [6, 6.07) is 7.57. The normalized spacial score (nSPS) is 23.5. The molecule has 2 atom stereocenters. The first-order chi connectivity index (χ1) is 8.22. The van der Waals surface area contributed by atoms with Gasteiger partial charge in [-0.3, -0.25) is 4.79 Å². The standard InChI is InChI=1S/C13H16O4/c1-9-7-12(14)17-13(9)10-5-3-4-6-11(10)16-8-15-2/h3-6,9,13H,7-8H2,1-2H3/t9-,13+/m1/s1. The van der Waals surface area contributed by atoms with Gasteiger partial charge in [0.15, 0.2) is 6.79 Å². The van der Waals surface area contributed by atoms with Crippen LogP contribution in [0.25, 0.3) is 0 Å². The third kappa shape index (κ3) is 2.58. The highest BCUT2D eigenvalue weighted by atomic mass is 16.7. The maximum absolute atomic E-state index is 11.3. The Morgan fingerprint density at radius 2 is 2.18 bits per heavy atom. The Hall–Kier alpha value is -1.55. The molecule has 92 valence electrons. The van der Waals surface area contributed by atoms with Crippen molar-refractivity contribution < 1.29 is 19.0 Å². The highest BCUT2D eigenvalue weighted by Gasteiger charge is 2.34. The predicted molar refractivity (Wildman–Crippen MR) is 61.6 cm³/mol. The van der Waals surface area contributed by atoms with E-state index in [-0.39, 0.29) is 24.8 Å². The lowest BCUT2D eigenvalue weighted by Crippen LogP contribution is -2.08. The lowest BCUT2D eigenvalue weighted by molar-refractivity contribution is -0.141. The molecule has 1 heterocycles. The fraction of sp³-hybridized carbons (Fsp3) is 0.462. The van der Waals surface area contributed by atoms with Crippen molar-refractivity contribution in [1.29, 1.82) is 0 Å². The molecule has 0 N–H and O–H groups in total. The van der Waals surface area contributed by atoms with Gasteiger partial charge >= 0.3 is 5.97 Å². The summed E-state index contributed by atoms with van der Waals surface area (Å²) in [5, 5.41) is 0. The van der Waals surface area contributed by atoms with E-state index in [0.717, 1.165) is 5.56 Å². The van der Waals surface area contributed by atoms with Crippen LogP contribution in [0.1, 0.15) is 25.0 Å². The van der Waals surface area contributed by atoms with Crippen LogP contribution in [0, 0.1) is 5.92 Å². The van der Waals surface area contributed by atoms with E-state index in [9.17, 15) is 4.79 Å². The van der Waals surface area contributed by atoms with Crippen molar-refractivity contribution in [2.75, 3.05) is 13.9 Å². The molecule has 0 saturated carbocycles. The third-order valence-electron chi connectivity index (χ3n) is 2.82. The molecule has 17 heavy (non-hydrogen) atoms. The first-order valence-electron chi connectivity index (χ1n) is 5.62. The molecule has 0 unspecified atom stereocenters. The molecule has 1 saturated heterocycles. The van der Waals surface area contributed by atoms with Crippen molar-refractivity contribution in [2.45, 2.75) is 19.4 Å². The minimum atomic E-state index is -0.212. The molecule has 0 aliphatic carbocycles. The summed E-state index contributed by atoms with van der Waals surface area (Å²) >= 11 is 0. The molecule has 0 bridgehead atoms. The first kappa shape index (κ1) is 11.9. The van der Waals surface area contributed by atoms with Crippen LogP contribution in [0.4, 0.5) is 0 Å². The second-order valence-corrected chi connectivity index (χ2v) is 4.18. The quantitative estimate of drug-likeness (QED) is 0.594. The number of para-hydroxylation sites is 1. The minimum Gasteiger partial charge on any atom is -0.467 e. The number of hydrogen-bond acceptors (Lipinski definition) is 4. The van der Waals surface area contributed by atoms with Crippen LogP contribution in [-0.4, -0.2) is 19.9 Å². The average Bonchev–Trinajstić information content (AvgIpc) is 2.66. The van der Waals surface area contributed by atoms with E-state index in [2.05, 4.69) is 0 Å². The second-order valence-electron chi connectivity index (χ2n) is 4.18. The molecule has 1 aliphatic heterocycles. The number of esters is 1. The van der Waals surface area contributed by atoms with E-state index in [1.54, 1.807) is 7.11 Å². The summed E-state index contributed by atoms with van der Waals surface area (Å²) in [5.41, 5.74) is 0.905. The van der Waals surface area contributed by atoms with E-state index in [1.165, 1.54) is 0 Å². The van der Waals surface area contributed by atoms with Crippen LogP contribution < -0.4 is 4.74 Å². The Bertz CT molecular complexity index is 402. The van der Waals surface area contributed by atoms with Crippen LogP contribution >= 0.6 is 0 Å². The van der Waals surface area contributed by atoms with Gasteiger partial charge < -0.3 is 14.2 Å². The lowest BCUT2D eigenvalue weighted by Gasteiger charge is -2.18. The molecular weight excluding hydrogens is 220 g/mol. The zero-order chi connectivity index (χ0) is 12.3. The largest absolute Gasteiger partial charge is 0.467 e. The molecule has 0 amide bonds. The van der Waals surface area contributed by atoms with Gasteiger partial charge in [0.1, 0.15) is 11.9 Å². The van der Waals surface area contributed by atoms with E-state index < -0.39 is 0 Å². The molecule has 1 fully saturated rings. The van der Waals surface area contributed by atoms with Gasteiger partial charge in [0.2, 0.25) is 0 Å². The van der Waals surface area contributed by atoms with Crippen LogP contribution in [0.2, 0.25) is 0 Å². The fourth-order valence-corrected chi connectivity index (χ4v) is 2.02. The molecule has 0 aromatic heterocycles. The highest BCUT2D eigenvalue weighted by Crippen LogP contribution is 2.39. The van der Waals surface area contributed by atoms with E-state index in [1.807, 2.05) is 31.2 Å². The fourth-order valence-electron chi connectivity index (χ4n) is 2.02. The van der Waals surface area contributed by atoms with Crippen molar-refractivity contribution in [3.8, 4) is 5.75 Å². The number of carbonyl (C=O) groups is 1. The maximum atomic E-state index is 11.3. The second kappa shape index (κ2) is 5.19. The SMILES string of the molecule is COCOc1ccccc1[C@H]1OC(=O)C[C@H]1C. The van der Waals surface area contributed by atoms with Gasteiger partial charge in [0, 0.05) is 18.6 Å². The van der Waals surface area contributed by atoms with E-state index >= 15 is 0 Å². The average molecular weight is 236 g/mol. The van der Waals surface area contributed by atoms with Crippen LogP contribution in [0.15, 0.2) is 24.3 Å². The summed E-state index contributed by atoms with van der Waals surface area (Å²) in [4.78, 5) is 11.3. The van der Waals surface area contributed by atoms with Gasteiger partial charge in [0.05, 0.1) is 6.42 Å². The molecule has 4 nitrogen and oxygen atoms in total. The van der Waals surface area contributed by atoms with E-state index in [0.29, 0.717) is 12.2 Å². The van der Waals surface area contributed by atoms with Gasteiger partial charge in [0.25, 0.3) is 0 Å². The molecule has 4 heteroatoms. The number of carbonyl (C=O) groups excluding carboxylic acids is 1. The molecule has 1 aromatic rings. The molecule has 1 aromatic carbocycles. The third-order valence-corrected chi connectivity index (χ3v) is 2.82. The van der Waals surface area contributed by atoms with Gasteiger partial charge in [-0.2, -0.15) is 0 Å². The van der Waals surface area contributed by atoms with Crippen molar-refractivity contribution >= 4 is 5.97 Å². The summed E-state index contributed by atoms with van der Waals surface area (Å²) in [6.45, 7) is 2.19. The smallest absolute Gasteiger partial charge is 0.306 e. The molecule has 0 radical (unpaired) electrons. The zero-order valence-electron chi connectivity index (χ0n) is 10.0. The lowest BCUT2D eigenvalue weighted by atomic mass is 9.96. The van der Waals surface area contributed by atoms with Gasteiger partial charge in [-0.1, -0.05) is 25.1 Å². The number of cyclic esters (lactones) is 1. The molecule has 1 aliphatic rings. The molecule has 2 rings (SSSR count). The summed E-state index contributed by atoms with van der Waals surface area (Å²) in [5.74, 6) is 0.736. The summed E-state index contributed by atoms with van der Waals surface area (Å²) in [7, 11) is 1.57. The Morgan fingerprint density at radius 1 is 1.41 bits per heavy atom. The molecule has 0 spiro atoms. The minimum absolute atomic E-state index is 0.149. The van der Waals surface area contributed by atoms with Crippen LogP contribution in [-0.2, 0) is 14.3 Å². The first-order valence-corrected chi connectivity index (χ1v) is 5.62. The number of hydrogen-bond donors (Lipinski definition) is 0. The van der Waals surface area contributed by atoms with Crippen molar-refractivity contribution in [1.82, 2.24) is 0 Å². The summed E-state index contributed by atoms with van der Waals surface area (Å²) in [6.07, 6.45) is 0.249. The van der Waals surface area contributed by atoms with Gasteiger partial charge in [-0.15, -0.1) is 0 Å². The zero-order valence-corrected chi connectivity index (χ0v) is 10.0. The molecular formula is C13H16O4. The van der Waals surface area contributed by atoms with Gasteiger partial charge in [-0.25, -0.2) is 0 Å². The van der Waals surface area contributed by atoms with Gasteiger partial charge in [-0.05, 0) is 6.07 Å².